The van der Waals surface area contributed by atoms with Gasteiger partial charge in [-0.2, -0.15) is 0 Å². The van der Waals surface area contributed by atoms with Crippen LogP contribution in [0.25, 0.3) is 0 Å². The van der Waals surface area contributed by atoms with Crippen LogP contribution in [0.2, 0.25) is 0 Å². The molecule has 0 bridgehead atoms. The molecule has 0 spiro atoms. The van der Waals surface area contributed by atoms with Crippen molar-refractivity contribution in [3.8, 4) is 0 Å². The van der Waals surface area contributed by atoms with Gasteiger partial charge in [0.1, 0.15) is 0 Å². The molecule has 1 aliphatic heterocycles. The van der Waals surface area contributed by atoms with E-state index in [-0.39, 0.29) is 5.91 Å². The van der Waals surface area contributed by atoms with Crippen molar-refractivity contribution in [2.24, 2.45) is 0 Å². The summed E-state index contributed by atoms with van der Waals surface area (Å²) in [5.74, 6) is 0.0929. The van der Waals surface area contributed by atoms with E-state index in [2.05, 4.69) is 0 Å². The Balaban J connectivity index is 2.26. The van der Waals surface area contributed by atoms with Gasteiger partial charge in [-0.25, -0.2) is 0 Å². The lowest BCUT2D eigenvalue weighted by Gasteiger charge is -2.27. The fourth-order valence-corrected chi connectivity index (χ4v) is 2.24. The number of rotatable bonds is 1. The lowest BCUT2D eigenvalue weighted by Crippen LogP contribution is -2.36. The third kappa shape index (κ3) is 2.03. The summed E-state index contributed by atoms with van der Waals surface area (Å²) in [5.41, 5.74) is 8.13. The topological polar surface area (TPSA) is 46.3 Å². The second kappa shape index (κ2) is 4.56. The van der Waals surface area contributed by atoms with Gasteiger partial charge in [0.15, 0.2) is 0 Å². The molecule has 3 heteroatoms. The summed E-state index contributed by atoms with van der Waals surface area (Å²) < 4.78 is 0. The van der Waals surface area contributed by atoms with E-state index in [9.17, 15) is 4.79 Å². The van der Waals surface area contributed by atoms with E-state index < -0.39 is 0 Å². The van der Waals surface area contributed by atoms with E-state index in [0.717, 1.165) is 31.5 Å². The molecule has 1 aromatic rings. The van der Waals surface area contributed by atoms with Gasteiger partial charge in [-0.15, -0.1) is 0 Å². The summed E-state index contributed by atoms with van der Waals surface area (Å²) >= 11 is 0. The van der Waals surface area contributed by atoms with Crippen LogP contribution in [0, 0.1) is 6.92 Å². The second-order valence-corrected chi connectivity index (χ2v) is 4.39. The molecule has 0 aliphatic carbocycles. The van der Waals surface area contributed by atoms with Gasteiger partial charge in [-0.05, 0) is 37.8 Å². The number of carbonyl (C=O) groups excluding carboxylic acids is 1. The molecule has 1 heterocycles. The number of aryl methyl sites for hydroxylation is 1. The first-order valence-electron chi connectivity index (χ1n) is 5.84. The van der Waals surface area contributed by atoms with Crippen molar-refractivity contribution >= 4 is 11.6 Å². The maximum atomic E-state index is 12.3. The highest BCUT2D eigenvalue weighted by atomic mass is 16.2. The van der Waals surface area contributed by atoms with Crippen molar-refractivity contribution < 1.29 is 4.79 Å². The number of hydrogen-bond acceptors (Lipinski definition) is 2. The molecule has 2 N–H and O–H groups in total. The van der Waals surface area contributed by atoms with Crippen molar-refractivity contribution in [1.29, 1.82) is 0 Å². The van der Waals surface area contributed by atoms with Crippen LogP contribution in [0.15, 0.2) is 18.2 Å². The zero-order valence-electron chi connectivity index (χ0n) is 9.70. The molecule has 0 radical (unpaired) electrons. The summed E-state index contributed by atoms with van der Waals surface area (Å²) in [7, 11) is 0. The first kappa shape index (κ1) is 11.0. The number of hydrogen-bond donors (Lipinski definition) is 1. The molecule has 16 heavy (non-hydrogen) atoms. The maximum absolute atomic E-state index is 12.3. The molecule has 3 nitrogen and oxygen atoms in total. The fraction of sp³-hybridized carbons (Fsp3) is 0.462. The minimum absolute atomic E-state index is 0.0929. The number of anilines is 1. The number of nitrogens with zero attached hydrogens (tertiary/aromatic N) is 1. The molecule has 1 aliphatic rings. The number of nitrogens with two attached hydrogens (primary N) is 1. The molecule has 0 unspecified atom stereocenters. The molecular formula is C13H18N2O. The van der Waals surface area contributed by atoms with Gasteiger partial charge in [0.2, 0.25) is 0 Å². The molecule has 0 saturated carbocycles. The molecule has 1 fully saturated rings. The first-order valence-corrected chi connectivity index (χ1v) is 5.84. The van der Waals surface area contributed by atoms with Gasteiger partial charge < -0.3 is 10.6 Å². The molecule has 1 saturated heterocycles. The Morgan fingerprint density at radius 2 is 1.94 bits per heavy atom. The molecule has 0 atom stereocenters. The Labute approximate surface area is 96.2 Å². The van der Waals surface area contributed by atoms with Crippen molar-refractivity contribution in [3.05, 3.63) is 29.3 Å². The fourth-order valence-electron chi connectivity index (χ4n) is 2.24. The van der Waals surface area contributed by atoms with Crippen molar-refractivity contribution in [2.45, 2.75) is 26.2 Å². The standard InChI is InChI=1S/C13H18N2O/c1-10-6-5-7-11(14)12(10)13(16)15-8-3-2-4-9-15/h5-7H,2-4,8-9,14H2,1H3. The Hall–Kier alpha value is -1.51. The molecule has 1 aromatic carbocycles. The van der Waals surface area contributed by atoms with Crippen LogP contribution < -0.4 is 5.73 Å². The average molecular weight is 218 g/mol. The lowest BCUT2D eigenvalue weighted by molar-refractivity contribution is 0.0724. The maximum Gasteiger partial charge on any atom is 0.256 e. The second-order valence-electron chi connectivity index (χ2n) is 4.39. The van der Waals surface area contributed by atoms with E-state index in [1.807, 2.05) is 24.0 Å². The highest BCUT2D eigenvalue weighted by Crippen LogP contribution is 2.20. The zero-order chi connectivity index (χ0) is 11.5. The summed E-state index contributed by atoms with van der Waals surface area (Å²) in [6.07, 6.45) is 3.45. The summed E-state index contributed by atoms with van der Waals surface area (Å²) in [6, 6.07) is 5.62. The Morgan fingerprint density at radius 1 is 1.25 bits per heavy atom. The third-order valence-corrected chi connectivity index (χ3v) is 3.16. The van der Waals surface area contributed by atoms with Gasteiger partial charge in [-0.1, -0.05) is 12.1 Å². The number of likely N-dealkylation sites (tertiary alicyclic amines) is 1. The Bertz CT molecular complexity index is 375. The van der Waals surface area contributed by atoms with Crippen LogP contribution in [0.4, 0.5) is 5.69 Å². The minimum atomic E-state index is 0.0929. The van der Waals surface area contributed by atoms with Crippen LogP contribution in [-0.2, 0) is 0 Å². The quantitative estimate of drug-likeness (QED) is 0.734. The minimum Gasteiger partial charge on any atom is -0.398 e. The predicted octanol–water partition coefficient (Wildman–Crippen LogP) is 2.20. The Kier molecular flexibility index (Phi) is 3.13. The van der Waals surface area contributed by atoms with Gasteiger partial charge >= 0.3 is 0 Å². The number of nitrogen functional groups attached to an aromatic ring is 1. The number of benzene rings is 1. The highest BCUT2D eigenvalue weighted by molar-refractivity contribution is 6.00. The van der Waals surface area contributed by atoms with Crippen LogP contribution in [-0.4, -0.2) is 23.9 Å². The monoisotopic (exact) mass is 218 g/mol. The van der Waals surface area contributed by atoms with Crippen LogP contribution in [0.3, 0.4) is 0 Å². The molecule has 0 aromatic heterocycles. The predicted molar refractivity (Wildman–Crippen MR) is 65.3 cm³/mol. The van der Waals surface area contributed by atoms with E-state index in [0.29, 0.717) is 11.3 Å². The van der Waals surface area contributed by atoms with Crippen molar-refractivity contribution in [3.63, 3.8) is 0 Å². The smallest absolute Gasteiger partial charge is 0.256 e. The van der Waals surface area contributed by atoms with Crippen LogP contribution in [0.5, 0.6) is 0 Å². The van der Waals surface area contributed by atoms with E-state index >= 15 is 0 Å². The van der Waals surface area contributed by atoms with Crippen LogP contribution >= 0.6 is 0 Å². The molecule has 86 valence electrons. The van der Waals surface area contributed by atoms with Gasteiger partial charge in [-0.3, -0.25) is 4.79 Å². The lowest BCUT2D eigenvalue weighted by atomic mass is 10.0. The normalized spacial score (nSPS) is 16.2. The summed E-state index contributed by atoms with van der Waals surface area (Å²) in [4.78, 5) is 14.2. The van der Waals surface area contributed by atoms with E-state index in [4.69, 9.17) is 5.73 Å². The summed E-state index contributed by atoms with van der Waals surface area (Å²) in [6.45, 7) is 3.67. The van der Waals surface area contributed by atoms with Gasteiger partial charge in [0.05, 0.1) is 5.56 Å². The Morgan fingerprint density at radius 3 is 2.56 bits per heavy atom. The molecule has 2 rings (SSSR count). The number of amides is 1. The largest absolute Gasteiger partial charge is 0.398 e. The van der Waals surface area contributed by atoms with Gasteiger partial charge in [0.25, 0.3) is 5.91 Å². The van der Waals surface area contributed by atoms with Crippen molar-refractivity contribution in [2.75, 3.05) is 18.8 Å². The zero-order valence-corrected chi connectivity index (χ0v) is 9.70. The number of piperidine rings is 1. The molecule has 1 amide bonds. The van der Waals surface area contributed by atoms with E-state index in [1.165, 1.54) is 6.42 Å². The van der Waals surface area contributed by atoms with Crippen LogP contribution in [0.1, 0.15) is 35.2 Å². The molecular weight excluding hydrogens is 200 g/mol. The first-order chi connectivity index (χ1) is 7.70. The SMILES string of the molecule is Cc1cccc(N)c1C(=O)N1CCCCC1. The van der Waals surface area contributed by atoms with Crippen molar-refractivity contribution in [1.82, 2.24) is 4.90 Å². The summed E-state index contributed by atoms with van der Waals surface area (Å²) in [5, 5.41) is 0. The average Bonchev–Trinajstić information content (AvgIpc) is 2.30. The third-order valence-electron chi connectivity index (χ3n) is 3.16. The highest BCUT2D eigenvalue weighted by Gasteiger charge is 2.21. The van der Waals surface area contributed by atoms with E-state index in [1.54, 1.807) is 6.07 Å². The van der Waals surface area contributed by atoms with Gasteiger partial charge in [0, 0.05) is 18.8 Å². The number of carbonyl (C=O) groups is 1.